The smallest absolute Gasteiger partial charge is 0.303 e. The van der Waals surface area contributed by atoms with Crippen LogP contribution in [0.25, 0.3) is 33.5 Å². The van der Waals surface area contributed by atoms with Crippen molar-refractivity contribution in [2.75, 3.05) is 6.61 Å². The summed E-state index contributed by atoms with van der Waals surface area (Å²) in [6.45, 7) is 2.42. The number of oxazole rings is 1. The lowest BCUT2D eigenvalue weighted by atomic mass is 9.98. The number of benzene rings is 3. The normalized spacial score (nSPS) is 14.7. The van der Waals surface area contributed by atoms with Crippen molar-refractivity contribution in [3.8, 4) is 28.3 Å². The summed E-state index contributed by atoms with van der Waals surface area (Å²) in [4.78, 5) is 19.1. The van der Waals surface area contributed by atoms with Crippen molar-refractivity contribution in [2.24, 2.45) is 0 Å². The Balaban J connectivity index is 1.13. The van der Waals surface area contributed by atoms with Crippen LogP contribution in [0.15, 0.2) is 77.3 Å². The van der Waals surface area contributed by atoms with Crippen LogP contribution in [0, 0.1) is 6.92 Å². The number of carboxylic acids is 1. The van der Waals surface area contributed by atoms with Gasteiger partial charge in [0.2, 0.25) is 5.89 Å². The highest BCUT2D eigenvalue weighted by molar-refractivity contribution is 5.85. The van der Waals surface area contributed by atoms with Crippen LogP contribution in [0.2, 0.25) is 0 Å². The molecule has 0 spiro atoms. The van der Waals surface area contributed by atoms with Gasteiger partial charge in [-0.05, 0) is 95.8 Å². The van der Waals surface area contributed by atoms with Gasteiger partial charge in [-0.2, -0.15) is 0 Å². The number of fused-ring (bicyclic) bond motifs is 2. The number of aryl methyl sites for hydroxylation is 2. The number of carboxylic acid groups (broad SMARTS) is 1. The minimum Gasteiger partial charge on any atom is -0.493 e. The number of hydrogen-bond acceptors (Lipinski definition) is 4. The fourth-order valence-electron chi connectivity index (χ4n) is 5.31. The Kier molecular flexibility index (Phi) is 6.01. The summed E-state index contributed by atoms with van der Waals surface area (Å²) in [5, 5.41) is 10.3. The first kappa shape index (κ1) is 23.1. The predicted octanol–water partition coefficient (Wildman–Crippen LogP) is 6.92. The van der Waals surface area contributed by atoms with Crippen molar-refractivity contribution in [3.05, 3.63) is 95.5 Å². The number of rotatable bonds is 8. The van der Waals surface area contributed by atoms with E-state index in [1.807, 2.05) is 37.4 Å². The molecule has 1 aliphatic carbocycles. The lowest BCUT2D eigenvalue weighted by molar-refractivity contribution is -0.137. The van der Waals surface area contributed by atoms with Gasteiger partial charge in [-0.3, -0.25) is 4.79 Å². The summed E-state index contributed by atoms with van der Waals surface area (Å²) in [6, 6.07) is 22.7. The first-order chi connectivity index (χ1) is 18.0. The molecule has 1 atom stereocenters. The van der Waals surface area contributed by atoms with E-state index in [1.54, 1.807) is 0 Å². The third-order valence-electron chi connectivity index (χ3n) is 7.23. The molecule has 0 radical (unpaired) electrons. The van der Waals surface area contributed by atoms with E-state index < -0.39 is 5.97 Å². The van der Waals surface area contributed by atoms with Crippen LogP contribution in [0.5, 0.6) is 5.75 Å². The van der Waals surface area contributed by atoms with E-state index in [4.69, 9.17) is 19.2 Å². The van der Waals surface area contributed by atoms with Crippen molar-refractivity contribution in [1.82, 2.24) is 9.97 Å². The molecule has 0 saturated heterocycles. The van der Waals surface area contributed by atoms with Crippen molar-refractivity contribution < 1.29 is 19.1 Å². The second-order valence-electron chi connectivity index (χ2n) is 9.67. The molecule has 0 amide bonds. The minimum atomic E-state index is -0.745. The summed E-state index contributed by atoms with van der Waals surface area (Å²) in [5.74, 6) is 1.57. The Hall–Kier alpha value is -4.32. The monoisotopic (exact) mass is 492 g/mol. The Morgan fingerprint density at radius 1 is 1.08 bits per heavy atom. The molecule has 6 nitrogen and oxygen atoms in total. The van der Waals surface area contributed by atoms with Crippen LogP contribution in [0.3, 0.4) is 0 Å². The number of H-pyrrole nitrogens is 1. The number of aliphatic carboxylic acids is 1. The van der Waals surface area contributed by atoms with Crippen molar-refractivity contribution in [3.63, 3.8) is 0 Å². The SMILES string of the molecule is Cc1oc(-c2cccc(-c3ccc4[nH]ccc4c3)c2)nc1CCOc1ccc2c(c1)CCC2CC(=O)O. The second kappa shape index (κ2) is 9.62. The predicted molar refractivity (Wildman–Crippen MR) is 143 cm³/mol. The van der Waals surface area contributed by atoms with Gasteiger partial charge in [-0.15, -0.1) is 0 Å². The zero-order valence-electron chi connectivity index (χ0n) is 20.7. The van der Waals surface area contributed by atoms with E-state index in [0.717, 1.165) is 57.8 Å². The van der Waals surface area contributed by atoms with Gasteiger partial charge in [0.05, 0.1) is 18.7 Å². The molecule has 0 bridgehead atoms. The topological polar surface area (TPSA) is 88.4 Å². The molecule has 0 fully saturated rings. The first-order valence-corrected chi connectivity index (χ1v) is 12.6. The molecule has 37 heavy (non-hydrogen) atoms. The molecular formula is C31H28N2O4. The highest BCUT2D eigenvalue weighted by Crippen LogP contribution is 2.37. The molecule has 1 unspecified atom stereocenters. The van der Waals surface area contributed by atoms with Crippen LogP contribution in [-0.2, 0) is 17.6 Å². The Bertz CT molecular complexity index is 1600. The summed E-state index contributed by atoms with van der Waals surface area (Å²) in [7, 11) is 0. The van der Waals surface area contributed by atoms with Crippen molar-refractivity contribution >= 4 is 16.9 Å². The highest BCUT2D eigenvalue weighted by Gasteiger charge is 2.25. The standard InChI is InChI=1S/C31H28N2O4/c1-19-28(12-14-36-26-8-9-27-22(17-26)5-6-23(27)18-30(34)35)33-31(37-19)25-4-2-3-20(16-25)21-7-10-29-24(15-21)11-13-32-29/h2-4,7-11,13,15-17,23,32H,5-6,12,14,18H2,1H3,(H,34,35). The number of hydrogen-bond donors (Lipinski definition) is 2. The van der Waals surface area contributed by atoms with E-state index in [1.165, 1.54) is 10.9 Å². The van der Waals surface area contributed by atoms with Crippen LogP contribution < -0.4 is 4.74 Å². The summed E-state index contributed by atoms with van der Waals surface area (Å²) in [5.41, 5.74) is 7.55. The molecule has 0 saturated carbocycles. The number of aromatic amines is 1. The second-order valence-corrected chi connectivity index (χ2v) is 9.67. The molecule has 2 N–H and O–H groups in total. The average Bonchev–Trinajstić information content (AvgIpc) is 3.62. The maximum absolute atomic E-state index is 11.1. The maximum atomic E-state index is 11.1. The van der Waals surface area contributed by atoms with Crippen LogP contribution in [-0.4, -0.2) is 27.7 Å². The first-order valence-electron chi connectivity index (χ1n) is 12.6. The Morgan fingerprint density at radius 2 is 1.95 bits per heavy atom. The number of ether oxygens (including phenoxy) is 1. The van der Waals surface area contributed by atoms with Crippen LogP contribution >= 0.6 is 0 Å². The van der Waals surface area contributed by atoms with Gasteiger partial charge in [0, 0.05) is 23.7 Å². The fraction of sp³-hybridized carbons (Fsp3) is 0.226. The zero-order chi connectivity index (χ0) is 25.4. The van der Waals surface area contributed by atoms with E-state index >= 15 is 0 Å². The number of aromatic nitrogens is 2. The zero-order valence-corrected chi connectivity index (χ0v) is 20.7. The molecular weight excluding hydrogens is 464 g/mol. The molecule has 186 valence electrons. The average molecular weight is 493 g/mol. The lowest BCUT2D eigenvalue weighted by Crippen LogP contribution is -2.04. The van der Waals surface area contributed by atoms with Crippen molar-refractivity contribution in [1.29, 1.82) is 0 Å². The van der Waals surface area contributed by atoms with Crippen molar-refractivity contribution in [2.45, 2.75) is 38.5 Å². The maximum Gasteiger partial charge on any atom is 0.303 e. The van der Waals surface area contributed by atoms with E-state index in [2.05, 4.69) is 47.4 Å². The molecule has 2 heterocycles. The lowest BCUT2D eigenvalue weighted by Gasteiger charge is -2.10. The molecule has 5 aromatic rings. The molecule has 6 heteroatoms. The van der Waals surface area contributed by atoms with Crippen LogP contribution in [0.1, 0.15) is 41.3 Å². The largest absolute Gasteiger partial charge is 0.493 e. The Morgan fingerprint density at radius 3 is 2.84 bits per heavy atom. The van der Waals surface area contributed by atoms with Gasteiger partial charge in [0.25, 0.3) is 0 Å². The number of nitrogens with one attached hydrogen (secondary N) is 1. The van der Waals surface area contributed by atoms with Gasteiger partial charge in [0.15, 0.2) is 0 Å². The van der Waals surface area contributed by atoms with Gasteiger partial charge in [0.1, 0.15) is 11.5 Å². The van der Waals surface area contributed by atoms with Gasteiger partial charge in [-0.1, -0.05) is 24.3 Å². The van der Waals surface area contributed by atoms with E-state index in [9.17, 15) is 4.79 Å². The Labute approximate surface area is 214 Å². The quantitative estimate of drug-likeness (QED) is 0.245. The number of nitrogens with zero attached hydrogens (tertiary/aromatic N) is 1. The summed E-state index contributed by atoms with van der Waals surface area (Å²) in [6.07, 6.45) is 4.56. The van der Waals surface area contributed by atoms with E-state index in [-0.39, 0.29) is 12.3 Å². The number of carbonyl (C=O) groups is 1. The molecule has 2 aromatic heterocycles. The minimum absolute atomic E-state index is 0.104. The van der Waals surface area contributed by atoms with E-state index in [0.29, 0.717) is 18.9 Å². The third-order valence-corrected chi connectivity index (χ3v) is 7.23. The third kappa shape index (κ3) is 4.75. The molecule has 3 aromatic carbocycles. The summed E-state index contributed by atoms with van der Waals surface area (Å²) >= 11 is 0. The molecule has 1 aliphatic rings. The highest BCUT2D eigenvalue weighted by atomic mass is 16.5. The molecule has 6 rings (SSSR count). The fourth-order valence-corrected chi connectivity index (χ4v) is 5.31. The van der Waals surface area contributed by atoms with Gasteiger partial charge in [-0.25, -0.2) is 4.98 Å². The summed E-state index contributed by atoms with van der Waals surface area (Å²) < 4.78 is 12.1. The van der Waals surface area contributed by atoms with Gasteiger partial charge < -0.3 is 19.2 Å². The van der Waals surface area contributed by atoms with Gasteiger partial charge >= 0.3 is 5.97 Å². The molecule has 0 aliphatic heterocycles. The van der Waals surface area contributed by atoms with Crippen LogP contribution in [0.4, 0.5) is 0 Å².